The third-order valence-electron chi connectivity index (χ3n) is 4.65. The van der Waals surface area contributed by atoms with Crippen LogP contribution in [-0.4, -0.2) is 53.5 Å². The molecule has 33 heavy (non-hydrogen) atoms. The molecule has 174 valence electrons. The van der Waals surface area contributed by atoms with E-state index in [1.165, 1.54) is 58.8 Å². The van der Waals surface area contributed by atoms with Crippen molar-refractivity contribution in [3.05, 3.63) is 57.9 Å². The second kappa shape index (κ2) is 10.5. The number of carbonyl (C=O) groups is 2. The van der Waals surface area contributed by atoms with Gasteiger partial charge in [0.25, 0.3) is 5.91 Å². The molecule has 0 atom stereocenters. The fourth-order valence-electron chi connectivity index (χ4n) is 3.04. The third-order valence-corrected chi connectivity index (χ3v) is 4.65. The SMILES string of the molecule is COCCNC(=O)c1cc2ccc(OC(=O)c3cc(OC)c(OC)c(OC)c3)cc2oc1=O. The number of methoxy groups -OCH3 is 4. The van der Waals surface area contributed by atoms with Crippen LogP contribution < -0.4 is 29.9 Å². The molecule has 3 rings (SSSR count). The van der Waals surface area contributed by atoms with Crippen molar-refractivity contribution in [1.82, 2.24) is 5.32 Å². The van der Waals surface area contributed by atoms with Crippen LogP contribution in [0.15, 0.2) is 45.6 Å². The van der Waals surface area contributed by atoms with Crippen LogP contribution >= 0.6 is 0 Å². The zero-order valence-electron chi connectivity index (χ0n) is 18.6. The third kappa shape index (κ3) is 5.24. The van der Waals surface area contributed by atoms with Crippen LogP contribution in [0.2, 0.25) is 0 Å². The topological polar surface area (TPSA) is 123 Å². The maximum atomic E-state index is 12.7. The summed E-state index contributed by atoms with van der Waals surface area (Å²) in [4.78, 5) is 37.1. The Balaban J connectivity index is 1.85. The molecule has 10 heteroatoms. The van der Waals surface area contributed by atoms with Crippen LogP contribution in [0.4, 0.5) is 0 Å². The number of hydrogen-bond acceptors (Lipinski definition) is 9. The number of hydrogen-bond donors (Lipinski definition) is 1. The van der Waals surface area contributed by atoms with Crippen LogP contribution in [0.5, 0.6) is 23.0 Å². The van der Waals surface area contributed by atoms with Crippen molar-refractivity contribution in [2.75, 3.05) is 41.6 Å². The van der Waals surface area contributed by atoms with Gasteiger partial charge < -0.3 is 33.4 Å². The van der Waals surface area contributed by atoms with Crippen LogP contribution in [0.25, 0.3) is 11.0 Å². The number of carbonyl (C=O) groups excluding carboxylic acids is 2. The standard InChI is InChI=1S/C23H23NO9/c1-28-8-7-24-21(25)16-9-13-5-6-15(12-17(13)33-23(16)27)32-22(26)14-10-18(29-2)20(31-4)19(11-14)30-3/h5-6,9-12H,7-8H2,1-4H3,(H,24,25). The van der Waals surface area contributed by atoms with Gasteiger partial charge in [-0.15, -0.1) is 0 Å². The highest BCUT2D eigenvalue weighted by Gasteiger charge is 2.19. The molecular formula is C23H23NO9. The zero-order valence-corrected chi connectivity index (χ0v) is 18.6. The first kappa shape index (κ1) is 23.6. The molecule has 0 radical (unpaired) electrons. The Kier molecular flexibility index (Phi) is 7.52. The maximum Gasteiger partial charge on any atom is 0.349 e. The van der Waals surface area contributed by atoms with E-state index in [9.17, 15) is 14.4 Å². The van der Waals surface area contributed by atoms with Crippen molar-refractivity contribution in [1.29, 1.82) is 0 Å². The smallest absolute Gasteiger partial charge is 0.349 e. The van der Waals surface area contributed by atoms with E-state index < -0.39 is 17.5 Å². The summed E-state index contributed by atoms with van der Waals surface area (Å²) in [5.41, 5.74) is -0.635. The lowest BCUT2D eigenvalue weighted by atomic mass is 10.1. The van der Waals surface area contributed by atoms with Crippen molar-refractivity contribution in [3.8, 4) is 23.0 Å². The number of rotatable bonds is 9. The lowest BCUT2D eigenvalue weighted by Crippen LogP contribution is -2.30. The Labute approximate surface area is 188 Å². The van der Waals surface area contributed by atoms with Crippen LogP contribution in [-0.2, 0) is 4.74 Å². The molecule has 1 amide bonds. The molecule has 0 saturated heterocycles. The van der Waals surface area contributed by atoms with Gasteiger partial charge in [-0.05, 0) is 30.3 Å². The molecule has 0 aliphatic carbocycles. The number of amides is 1. The molecule has 0 bridgehead atoms. The molecule has 0 unspecified atom stereocenters. The molecule has 1 aromatic heterocycles. The second-order valence-electron chi connectivity index (χ2n) is 6.70. The quantitative estimate of drug-likeness (QED) is 0.223. The molecule has 0 aliphatic rings. The van der Waals surface area contributed by atoms with E-state index in [2.05, 4.69) is 5.32 Å². The molecule has 0 fully saturated rings. The Bertz CT molecular complexity index is 1210. The average Bonchev–Trinajstić information content (AvgIpc) is 2.82. The number of benzene rings is 2. The first-order valence-corrected chi connectivity index (χ1v) is 9.79. The predicted molar refractivity (Wildman–Crippen MR) is 118 cm³/mol. The Morgan fingerprint density at radius 2 is 1.64 bits per heavy atom. The van der Waals surface area contributed by atoms with Crippen LogP contribution in [0.3, 0.4) is 0 Å². The minimum absolute atomic E-state index is 0.138. The summed E-state index contributed by atoms with van der Waals surface area (Å²) in [7, 11) is 5.83. The fourth-order valence-corrected chi connectivity index (χ4v) is 3.04. The van der Waals surface area contributed by atoms with Crippen molar-refractivity contribution in [3.63, 3.8) is 0 Å². The highest BCUT2D eigenvalue weighted by atomic mass is 16.5. The molecule has 0 aliphatic heterocycles. The summed E-state index contributed by atoms with van der Waals surface area (Å²) in [5.74, 6) is -0.187. The molecule has 0 spiro atoms. The maximum absolute atomic E-state index is 12.7. The zero-order chi connectivity index (χ0) is 24.0. The highest BCUT2D eigenvalue weighted by molar-refractivity contribution is 5.97. The van der Waals surface area contributed by atoms with Gasteiger partial charge in [0.2, 0.25) is 5.75 Å². The monoisotopic (exact) mass is 457 g/mol. The number of nitrogens with one attached hydrogen (secondary N) is 1. The summed E-state index contributed by atoms with van der Waals surface area (Å²) in [6.07, 6.45) is 0. The summed E-state index contributed by atoms with van der Waals surface area (Å²) < 4.78 is 31.3. The largest absolute Gasteiger partial charge is 0.493 e. The second-order valence-corrected chi connectivity index (χ2v) is 6.70. The van der Waals surface area contributed by atoms with Crippen molar-refractivity contribution < 1.29 is 37.7 Å². The molecule has 10 nitrogen and oxygen atoms in total. The first-order chi connectivity index (χ1) is 15.9. The summed E-state index contributed by atoms with van der Waals surface area (Å²) >= 11 is 0. The van der Waals surface area contributed by atoms with E-state index in [-0.39, 0.29) is 29.0 Å². The Hall–Kier alpha value is -4.05. The van der Waals surface area contributed by atoms with Gasteiger partial charge in [-0.1, -0.05) is 0 Å². The minimum Gasteiger partial charge on any atom is -0.493 e. The highest BCUT2D eigenvalue weighted by Crippen LogP contribution is 2.38. The van der Waals surface area contributed by atoms with Gasteiger partial charge >= 0.3 is 11.6 Å². The van der Waals surface area contributed by atoms with Crippen LogP contribution in [0.1, 0.15) is 20.7 Å². The Morgan fingerprint density at radius 3 is 2.24 bits per heavy atom. The Morgan fingerprint density at radius 1 is 0.939 bits per heavy atom. The van der Waals surface area contributed by atoms with Gasteiger partial charge in [0, 0.05) is 25.1 Å². The van der Waals surface area contributed by atoms with E-state index in [0.717, 1.165) is 0 Å². The van der Waals surface area contributed by atoms with Crippen LogP contribution in [0, 0.1) is 0 Å². The number of ether oxygens (including phenoxy) is 5. The molecular weight excluding hydrogens is 434 g/mol. The lowest BCUT2D eigenvalue weighted by molar-refractivity contribution is 0.0733. The minimum atomic E-state index is -0.814. The number of fused-ring (bicyclic) bond motifs is 1. The van der Waals surface area contributed by atoms with E-state index >= 15 is 0 Å². The molecule has 0 saturated carbocycles. The predicted octanol–water partition coefficient (Wildman–Crippen LogP) is 2.41. The van der Waals surface area contributed by atoms with E-state index in [4.69, 9.17) is 28.1 Å². The average molecular weight is 457 g/mol. The van der Waals surface area contributed by atoms with Crippen molar-refractivity contribution >= 4 is 22.8 Å². The molecule has 2 aromatic carbocycles. The van der Waals surface area contributed by atoms with Crippen molar-refractivity contribution in [2.45, 2.75) is 0 Å². The summed E-state index contributed by atoms with van der Waals surface area (Å²) in [6, 6.07) is 8.80. The van der Waals surface area contributed by atoms with Gasteiger partial charge in [0.1, 0.15) is 16.9 Å². The lowest BCUT2D eigenvalue weighted by Gasteiger charge is -2.13. The van der Waals surface area contributed by atoms with Gasteiger partial charge in [0.15, 0.2) is 11.5 Å². The summed E-state index contributed by atoms with van der Waals surface area (Å²) in [5, 5.41) is 3.05. The van der Waals surface area contributed by atoms with Gasteiger partial charge in [-0.25, -0.2) is 9.59 Å². The first-order valence-electron chi connectivity index (χ1n) is 9.79. The molecule has 1 heterocycles. The van der Waals surface area contributed by atoms with Gasteiger partial charge in [-0.2, -0.15) is 0 Å². The molecule has 1 N–H and O–H groups in total. The van der Waals surface area contributed by atoms with Gasteiger partial charge in [0.05, 0.1) is 33.5 Å². The number of esters is 1. The fraction of sp³-hybridized carbons (Fsp3) is 0.261. The van der Waals surface area contributed by atoms with Crippen molar-refractivity contribution in [2.24, 2.45) is 0 Å². The summed E-state index contributed by atoms with van der Waals surface area (Å²) in [6.45, 7) is 0.563. The van der Waals surface area contributed by atoms with E-state index in [1.807, 2.05) is 0 Å². The molecule has 3 aromatic rings. The van der Waals surface area contributed by atoms with E-state index in [0.29, 0.717) is 29.2 Å². The van der Waals surface area contributed by atoms with E-state index in [1.54, 1.807) is 6.07 Å². The van der Waals surface area contributed by atoms with Gasteiger partial charge in [-0.3, -0.25) is 4.79 Å². The normalized spacial score (nSPS) is 10.5.